The van der Waals surface area contributed by atoms with Crippen LogP contribution >= 0.6 is 0 Å². The minimum Gasteiger partial charge on any atom is -0.393 e. The lowest BCUT2D eigenvalue weighted by molar-refractivity contribution is -0.145. The van der Waals surface area contributed by atoms with E-state index in [1.807, 2.05) is 0 Å². The molecule has 1 N–H and O–H groups in total. The molecule has 4 saturated carbocycles. The second-order valence-electron chi connectivity index (χ2n) is 13.0. The number of hydrogen-bond donors (Lipinski definition) is 1. The van der Waals surface area contributed by atoms with Crippen LogP contribution in [0.1, 0.15) is 107 Å². The Hall–Kier alpha value is -0.440. The van der Waals surface area contributed by atoms with Crippen LogP contribution in [0.2, 0.25) is 0 Å². The van der Waals surface area contributed by atoms with E-state index in [2.05, 4.69) is 44.8 Å². The average molecular weight is 417 g/mol. The number of hydrogen-bond acceptors (Lipinski definition) is 3. The van der Waals surface area contributed by atoms with Crippen LogP contribution in [0.3, 0.4) is 0 Å². The molecule has 5 aliphatic rings. The van der Waals surface area contributed by atoms with Gasteiger partial charge in [-0.3, -0.25) is 0 Å². The molecule has 1 heterocycles. The third kappa shape index (κ3) is 3.15. The summed E-state index contributed by atoms with van der Waals surface area (Å²) in [6, 6.07) is 0. The summed E-state index contributed by atoms with van der Waals surface area (Å²) in [6.07, 6.45) is 11.7. The molecule has 0 aromatic carbocycles. The quantitative estimate of drug-likeness (QED) is 0.504. The van der Waals surface area contributed by atoms with E-state index < -0.39 is 6.08 Å². The van der Waals surface area contributed by atoms with E-state index in [1.165, 1.54) is 44.9 Å². The highest BCUT2D eigenvalue weighted by Gasteiger charge is 2.69. The molecule has 0 aromatic heterocycles. The van der Waals surface area contributed by atoms with Gasteiger partial charge >= 0.3 is 0 Å². The predicted molar refractivity (Wildman–Crippen MR) is 122 cm³/mol. The zero-order chi connectivity index (χ0) is 22.2. The van der Waals surface area contributed by atoms with Crippen molar-refractivity contribution in [1.82, 2.24) is 0 Å². The van der Waals surface area contributed by atoms with Crippen LogP contribution in [0.25, 0.3) is 0 Å². The fraction of sp³-hybridized carbons (Fsp3) is 1.00. The fourth-order valence-corrected chi connectivity index (χ4v) is 9.48. The van der Waals surface area contributed by atoms with Gasteiger partial charge in [-0.05, 0) is 91.3 Å². The van der Waals surface area contributed by atoms with Crippen LogP contribution in [0, 0.1) is 52.3 Å². The molecule has 4 fully saturated rings. The molecule has 0 bridgehead atoms. The standard InChI is InChI=1S/C27H46N2O/c1-17(2)7-6-8-18(3)21-9-10-22-20-16-27(28-29-27)24-15-19(30)11-13-26(24,5)23(20)12-14-25(21,22)4/h17-24,30H,6-16H2,1-5H3/t18-,19+,20+,21-,22+,23+,24?,25-,26-/m1/s1/i19T. The summed E-state index contributed by atoms with van der Waals surface area (Å²) in [5.74, 6) is 5.11. The van der Waals surface area contributed by atoms with Crippen LogP contribution in [-0.4, -0.2) is 16.8 Å². The Morgan fingerprint density at radius 1 is 0.967 bits per heavy atom. The molecule has 0 aromatic rings. The zero-order valence-corrected chi connectivity index (χ0v) is 20.2. The maximum Gasteiger partial charge on any atom is 0.194 e. The molecule has 5 rings (SSSR count). The summed E-state index contributed by atoms with van der Waals surface area (Å²) < 4.78 is 8.35. The van der Waals surface area contributed by atoms with Crippen molar-refractivity contribution in [2.75, 3.05) is 0 Å². The number of aliphatic hydroxyl groups is 1. The molecule has 3 heteroatoms. The van der Waals surface area contributed by atoms with Gasteiger partial charge in [-0.2, -0.15) is 10.2 Å². The van der Waals surface area contributed by atoms with E-state index in [-0.39, 0.29) is 17.0 Å². The first-order chi connectivity index (χ1) is 14.5. The largest absolute Gasteiger partial charge is 0.393 e. The van der Waals surface area contributed by atoms with E-state index in [1.54, 1.807) is 0 Å². The van der Waals surface area contributed by atoms with Gasteiger partial charge in [0.15, 0.2) is 5.66 Å². The first kappa shape index (κ1) is 20.2. The van der Waals surface area contributed by atoms with E-state index in [0.717, 1.165) is 48.3 Å². The third-order valence-electron chi connectivity index (χ3n) is 11.1. The monoisotopic (exact) mass is 416 g/mol. The highest BCUT2D eigenvalue weighted by atomic mass is 16.3. The first-order valence-electron chi connectivity index (χ1n) is 13.7. The van der Waals surface area contributed by atoms with Gasteiger partial charge in [0.05, 0.1) is 7.45 Å². The van der Waals surface area contributed by atoms with E-state index in [4.69, 9.17) is 1.37 Å². The van der Waals surface area contributed by atoms with Gasteiger partial charge in [-0.1, -0.05) is 53.9 Å². The maximum absolute atomic E-state index is 10.6. The summed E-state index contributed by atoms with van der Waals surface area (Å²) >= 11 is 0. The fourth-order valence-electron chi connectivity index (χ4n) is 9.48. The SMILES string of the molecule is [3H][C@]1(O)CC[C@@]2(C)C(C1)C1(C[C@H]3[C@@H]4CC[C@H]([C@H](C)CCCC(C)C)[C@@]4(C)CC[C@@H]32)N=N1. The molecule has 9 atom stereocenters. The third-order valence-corrected chi connectivity index (χ3v) is 11.1. The molecule has 30 heavy (non-hydrogen) atoms. The Morgan fingerprint density at radius 2 is 1.67 bits per heavy atom. The summed E-state index contributed by atoms with van der Waals surface area (Å²) in [7, 11) is 0. The molecule has 170 valence electrons. The zero-order valence-electron chi connectivity index (χ0n) is 21.2. The minimum atomic E-state index is -1.27. The van der Waals surface area contributed by atoms with Gasteiger partial charge in [0, 0.05) is 12.3 Å². The first-order valence-corrected chi connectivity index (χ1v) is 13.2. The topological polar surface area (TPSA) is 45.0 Å². The normalized spacial score (nSPS) is 52.5. The van der Waals surface area contributed by atoms with Gasteiger partial charge in [0.25, 0.3) is 0 Å². The van der Waals surface area contributed by atoms with Crippen LogP contribution in [0.4, 0.5) is 0 Å². The van der Waals surface area contributed by atoms with E-state index in [0.29, 0.717) is 18.3 Å². The van der Waals surface area contributed by atoms with Crippen LogP contribution in [0.5, 0.6) is 0 Å². The van der Waals surface area contributed by atoms with Crippen molar-refractivity contribution in [2.24, 2.45) is 62.5 Å². The average Bonchev–Trinajstić information content (AvgIpc) is 3.35. The van der Waals surface area contributed by atoms with Crippen molar-refractivity contribution in [2.45, 2.75) is 117 Å². The number of nitrogens with zero attached hydrogens (tertiary/aromatic N) is 2. The van der Waals surface area contributed by atoms with Crippen LogP contribution in [-0.2, 0) is 0 Å². The van der Waals surface area contributed by atoms with Gasteiger partial charge < -0.3 is 5.11 Å². The highest BCUT2D eigenvalue weighted by Crippen LogP contribution is 2.72. The maximum atomic E-state index is 10.6. The summed E-state index contributed by atoms with van der Waals surface area (Å²) in [5.41, 5.74) is 0.426. The van der Waals surface area contributed by atoms with Gasteiger partial charge in [0.1, 0.15) is 0 Å². The Morgan fingerprint density at radius 3 is 2.37 bits per heavy atom. The Kier molecular flexibility index (Phi) is 4.90. The van der Waals surface area contributed by atoms with Crippen molar-refractivity contribution in [3.8, 4) is 0 Å². The Bertz CT molecular complexity index is 729. The van der Waals surface area contributed by atoms with Crippen molar-refractivity contribution in [3.63, 3.8) is 0 Å². The van der Waals surface area contributed by atoms with Crippen molar-refractivity contribution >= 4 is 0 Å². The Labute approximate surface area is 186 Å². The molecule has 0 radical (unpaired) electrons. The van der Waals surface area contributed by atoms with Crippen LogP contribution in [0.15, 0.2) is 10.2 Å². The lowest BCUT2D eigenvalue weighted by Gasteiger charge is -2.62. The summed E-state index contributed by atoms with van der Waals surface area (Å²) in [4.78, 5) is 0. The molecule has 0 saturated heterocycles. The molecule has 3 nitrogen and oxygen atoms in total. The number of rotatable bonds is 5. The number of fused-ring (bicyclic) bond motifs is 6. The van der Waals surface area contributed by atoms with Crippen LogP contribution < -0.4 is 0 Å². The lowest BCUT2D eigenvalue weighted by Crippen LogP contribution is -2.59. The molecule has 0 amide bonds. The van der Waals surface area contributed by atoms with Crippen molar-refractivity contribution < 1.29 is 6.48 Å². The second-order valence-corrected chi connectivity index (χ2v) is 13.0. The summed E-state index contributed by atoms with van der Waals surface area (Å²) in [6.45, 7) is 12.4. The molecular weight excluding hydrogens is 368 g/mol. The van der Waals surface area contributed by atoms with Gasteiger partial charge in [-0.25, -0.2) is 0 Å². The van der Waals surface area contributed by atoms with Gasteiger partial charge in [-0.15, -0.1) is 0 Å². The smallest absolute Gasteiger partial charge is 0.194 e. The van der Waals surface area contributed by atoms with Gasteiger partial charge in [0.2, 0.25) is 0 Å². The predicted octanol–water partition coefficient (Wildman–Crippen LogP) is 7.24. The lowest BCUT2D eigenvalue weighted by atomic mass is 9.42. The minimum absolute atomic E-state index is 0.196. The van der Waals surface area contributed by atoms with Crippen molar-refractivity contribution in [1.29, 1.82) is 0 Å². The molecule has 4 aliphatic carbocycles. The second kappa shape index (κ2) is 7.29. The molecule has 1 spiro atoms. The highest BCUT2D eigenvalue weighted by molar-refractivity contribution is 5.18. The molecular formula is C27H46N2O. The Balaban J connectivity index is 1.36. The summed E-state index contributed by atoms with van der Waals surface area (Å²) in [5, 5.41) is 19.9. The van der Waals surface area contributed by atoms with Crippen molar-refractivity contribution in [3.05, 3.63) is 0 Å². The van der Waals surface area contributed by atoms with E-state index in [9.17, 15) is 5.11 Å². The molecule has 1 aliphatic heterocycles. The van der Waals surface area contributed by atoms with E-state index >= 15 is 0 Å². The molecule has 1 unspecified atom stereocenters.